The number of carbonyl (C=O) groups is 2. The molecule has 0 bridgehead atoms. The summed E-state index contributed by atoms with van der Waals surface area (Å²) in [5, 5.41) is 2.09. The van der Waals surface area contributed by atoms with Gasteiger partial charge in [-0.15, -0.1) is 0 Å². The van der Waals surface area contributed by atoms with Crippen molar-refractivity contribution in [3.63, 3.8) is 0 Å². The summed E-state index contributed by atoms with van der Waals surface area (Å²) in [6.07, 6.45) is 1.86. The topological polar surface area (TPSA) is 96.2 Å². The summed E-state index contributed by atoms with van der Waals surface area (Å²) in [5.74, 6) is -0.386. The van der Waals surface area contributed by atoms with Gasteiger partial charge >= 0.3 is 11.9 Å². The first kappa shape index (κ1) is 28.0. The molecule has 3 aromatic carbocycles. The van der Waals surface area contributed by atoms with Crippen LogP contribution in [0.4, 0.5) is 0 Å². The summed E-state index contributed by atoms with van der Waals surface area (Å²) in [7, 11) is 1.46. The molecule has 210 valence electrons. The number of nitrogens with zero attached hydrogens (tertiary/aromatic N) is 2. The number of methoxy groups -OCH3 is 1. The minimum Gasteiger partial charge on any atom is -0.493 e. The van der Waals surface area contributed by atoms with Crippen LogP contribution in [-0.2, 0) is 14.3 Å². The number of rotatable bonds is 7. The van der Waals surface area contributed by atoms with Crippen molar-refractivity contribution < 1.29 is 23.8 Å². The van der Waals surface area contributed by atoms with Gasteiger partial charge in [-0.2, -0.15) is 0 Å². The van der Waals surface area contributed by atoms with Gasteiger partial charge in [0.15, 0.2) is 16.3 Å². The van der Waals surface area contributed by atoms with Gasteiger partial charge in [0.1, 0.15) is 0 Å². The van der Waals surface area contributed by atoms with Crippen molar-refractivity contribution in [1.82, 2.24) is 4.57 Å². The first-order valence-corrected chi connectivity index (χ1v) is 14.0. The molecule has 5 rings (SSSR count). The van der Waals surface area contributed by atoms with Crippen molar-refractivity contribution in [3.05, 3.63) is 103 Å². The van der Waals surface area contributed by atoms with Crippen LogP contribution >= 0.6 is 11.3 Å². The standard InChI is InChI=1S/C32H30N2O6S/c1-18(2)17-39-31(37)28-19(3)33-32-34(29(28)23-13-14-25(40-20(4)35)26(15-23)38-5)30(36)27(41-32)16-22-11-8-10-21-9-6-7-12-24(21)22/h6-16,18,29H,17H2,1-5H3/b27-16+/t29-/m0/s1. The molecule has 0 radical (unpaired) electrons. The Labute approximate surface area is 240 Å². The number of fused-ring (bicyclic) bond motifs is 2. The van der Waals surface area contributed by atoms with Gasteiger partial charge < -0.3 is 14.2 Å². The van der Waals surface area contributed by atoms with Crippen molar-refractivity contribution >= 4 is 40.1 Å². The number of aromatic nitrogens is 1. The lowest BCUT2D eigenvalue weighted by Gasteiger charge is -2.25. The van der Waals surface area contributed by atoms with Crippen LogP contribution in [0.25, 0.3) is 16.8 Å². The highest BCUT2D eigenvalue weighted by atomic mass is 32.1. The number of ether oxygens (including phenoxy) is 3. The van der Waals surface area contributed by atoms with Crippen molar-refractivity contribution in [1.29, 1.82) is 0 Å². The highest BCUT2D eigenvalue weighted by molar-refractivity contribution is 7.07. The SMILES string of the molecule is COc1cc([C@H]2C(C(=O)OCC(C)C)=C(C)N=c3s/c(=C/c4cccc5ccccc45)c(=O)n32)ccc1OC(C)=O. The number of allylic oxidation sites excluding steroid dienone is 1. The van der Waals surface area contributed by atoms with Gasteiger partial charge in [0.2, 0.25) is 0 Å². The van der Waals surface area contributed by atoms with Gasteiger partial charge in [0.25, 0.3) is 5.56 Å². The molecule has 1 atom stereocenters. The van der Waals surface area contributed by atoms with Crippen LogP contribution in [0.2, 0.25) is 0 Å². The predicted octanol–water partition coefficient (Wildman–Crippen LogP) is 4.52. The van der Waals surface area contributed by atoms with Crippen LogP contribution in [0.3, 0.4) is 0 Å². The predicted molar refractivity (Wildman–Crippen MR) is 158 cm³/mol. The summed E-state index contributed by atoms with van der Waals surface area (Å²) in [6, 6.07) is 18.1. The molecular weight excluding hydrogens is 540 g/mol. The zero-order valence-electron chi connectivity index (χ0n) is 23.5. The lowest BCUT2D eigenvalue weighted by atomic mass is 9.95. The zero-order valence-corrected chi connectivity index (χ0v) is 24.3. The highest BCUT2D eigenvalue weighted by Crippen LogP contribution is 2.36. The Hall–Kier alpha value is -4.50. The van der Waals surface area contributed by atoms with E-state index in [-0.39, 0.29) is 29.4 Å². The number of thiazole rings is 1. The van der Waals surface area contributed by atoms with Crippen LogP contribution in [0.5, 0.6) is 11.5 Å². The second-order valence-corrected chi connectivity index (χ2v) is 11.2. The quantitative estimate of drug-likeness (QED) is 0.240. The third kappa shape index (κ3) is 5.58. The summed E-state index contributed by atoms with van der Waals surface area (Å²) in [5.41, 5.74) is 1.93. The number of hydrogen-bond acceptors (Lipinski definition) is 8. The molecule has 1 aromatic heterocycles. The molecule has 0 saturated carbocycles. The molecule has 0 amide bonds. The van der Waals surface area contributed by atoms with Gasteiger partial charge in [-0.25, -0.2) is 9.79 Å². The van der Waals surface area contributed by atoms with Gasteiger partial charge in [-0.3, -0.25) is 14.2 Å². The molecule has 1 aliphatic rings. The number of benzene rings is 3. The number of carbonyl (C=O) groups excluding carboxylic acids is 2. The second kappa shape index (κ2) is 11.5. The van der Waals surface area contributed by atoms with Crippen molar-refractivity contribution in [3.8, 4) is 11.5 Å². The summed E-state index contributed by atoms with van der Waals surface area (Å²) in [4.78, 5) is 44.3. The Morgan fingerprint density at radius 2 is 1.83 bits per heavy atom. The van der Waals surface area contributed by atoms with Gasteiger partial charge in [0.05, 0.1) is 35.6 Å². The third-order valence-electron chi connectivity index (χ3n) is 6.66. The van der Waals surface area contributed by atoms with Gasteiger partial charge in [0, 0.05) is 6.92 Å². The van der Waals surface area contributed by atoms with E-state index in [1.54, 1.807) is 25.1 Å². The molecule has 0 fully saturated rings. The number of hydrogen-bond donors (Lipinski definition) is 0. The summed E-state index contributed by atoms with van der Waals surface area (Å²) >= 11 is 1.26. The van der Waals surface area contributed by atoms with Crippen LogP contribution in [0.15, 0.2) is 81.7 Å². The fraction of sp³-hybridized carbons (Fsp3) is 0.250. The Morgan fingerprint density at radius 1 is 1.07 bits per heavy atom. The maximum absolute atomic E-state index is 14.1. The highest BCUT2D eigenvalue weighted by Gasteiger charge is 2.34. The van der Waals surface area contributed by atoms with E-state index in [1.807, 2.05) is 62.4 Å². The molecule has 8 nitrogen and oxygen atoms in total. The lowest BCUT2D eigenvalue weighted by molar-refractivity contribution is -0.140. The van der Waals surface area contributed by atoms with E-state index in [2.05, 4.69) is 4.99 Å². The van der Waals surface area contributed by atoms with Crippen LogP contribution < -0.4 is 24.4 Å². The van der Waals surface area contributed by atoms with Crippen LogP contribution in [0, 0.1) is 5.92 Å². The van der Waals surface area contributed by atoms with E-state index in [1.165, 1.54) is 29.9 Å². The fourth-order valence-corrected chi connectivity index (χ4v) is 5.87. The minimum absolute atomic E-state index is 0.128. The minimum atomic E-state index is -0.833. The number of esters is 2. The molecule has 0 saturated heterocycles. The molecule has 41 heavy (non-hydrogen) atoms. The monoisotopic (exact) mass is 570 g/mol. The summed E-state index contributed by atoms with van der Waals surface area (Å²) < 4.78 is 18.4. The first-order chi connectivity index (χ1) is 19.7. The zero-order chi connectivity index (χ0) is 29.3. The Kier molecular flexibility index (Phi) is 7.90. The van der Waals surface area contributed by atoms with Crippen molar-refractivity contribution in [2.24, 2.45) is 10.9 Å². The van der Waals surface area contributed by atoms with Crippen LogP contribution in [-0.4, -0.2) is 30.2 Å². The molecule has 0 unspecified atom stereocenters. The molecule has 2 heterocycles. The molecule has 0 aliphatic carbocycles. The maximum atomic E-state index is 14.1. The van der Waals surface area contributed by atoms with E-state index in [9.17, 15) is 14.4 Å². The average molecular weight is 571 g/mol. The van der Waals surface area contributed by atoms with Crippen molar-refractivity contribution in [2.75, 3.05) is 13.7 Å². The molecule has 0 spiro atoms. The Balaban J connectivity index is 1.72. The molecule has 1 aliphatic heterocycles. The van der Waals surface area contributed by atoms with E-state index in [0.29, 0.717) is 26.3 Å². The normalized spacial score (nSPS) is 15.1. The Bertz CT molecular complexity index is 1880. The lowest BCUT2D eigenvalue weighted by Crippen LogP contribution is -2.40. The summed E-state index contributed by atoms with van der Waals surface area (Å²) in [6.45, 7) is 7.17. The van der Waals surface area contributed by atoms with Gasteiger partial charge in [-0.1, -0.05) is 73.7 Å². The largest absolute Gasteiger partial charge is 0.493 e. The van der Waals surface area contributed by atoms with Crippen molar-refractivity contribution in [2.45, 2.75) is 33.7 Å². The smallest absolute Gasteiger partial charge is 0.338 e. The second-order valence-electron chi connectivity index (χ2n) is 10.1. The van der Waals surface area contributed by atoms with E-state index < -0.39 is 18.0 Å². The van der Waals surface area contributed by atoms with Crippen LogP contribution in [0.1, 0.15) is 44.9 Å². The molecule has 9 heteroatoms. The fourth-order valence-electron chi connectivity index (χ4n) is 4.83. The van der Waals surface area contributed by atoms with E-state index in [4.69, 9.17) is 14.2 Å². The van der Waals surface area contributed by atoms with Gasteiger partial charge in [-0.05, 0) is 52.9 Å². The maximum Gasteiger partial charge on any atom is 0.338 e. The van der Waals surface area contributed by atoms with E-state index >= 15 is 0 Å². The first-order valence-electron chi connectivity index (χ1n) is 13.2. The Morgan fingerprint density at radius 3 is 2.56 bits per heavy atom. The molecule has 4 aromatic rings. The third-order valence-corrected chi connectivity index (χ3v) is 7.64. The average Bonchev–Trinajstić information content (AvgIpc) is 3.25. The van der Waals surface area contributed by atoms with E-state index in [0.717, 1.165) is 16.3 Å². The molecule has 0 N–H and O–H groups in total. The molecular formula is C32H30N2O6S.